The number of H-pyrrole nitrogens is 1. The highest BCUT2D eigenvalue weighted by atomic mass is 16.3. The van der Waals surface area contributed by atoms with Crippen LogP contribution in [0, 0.1) is 0 Å². The lowest BCUT2D eigenvalue weighted by Crippen LogP contribution is -2.35. The van der Waals surface area contributed by atoms with Crippen molar-refractivity contribution in [1.29, 1.82) is 0 Å². The van der Waals surface area contributed by atoms with Crippen LogP contribution in [-0.4, -0.2) is 27.3 Å². The molecule has 0 spiro atoms. The van der Waals surface area contributed by atoms with Crippen molar-refractivity contribution in [2.24, 2.45) is 0 Å². The molecule has 3 N–H and O–H groups in total. The van der Waals surface area contributed by atoms with Crippen LogP contribution in [0.2, 0.25) is 0 Å². The number of aliphatic hydroxyl groups excluding tert-OH is 1. The summed E-state index contributed by atoms with van der Waals surface area (Å²) in [5, 5.41) is 20.3. The van der Waals surface area contributed by atoms with Gasteiger partial charge in [-0.1, -0.05) is 42.5 Å². The van der Waals surface area contributed by atoms with Crippen molar-refractivity contribution in [1.82, 2.24) is 15.5 Å². The molecule has 3 aromatic rings. The molecule has 0 unspecified atom stereocenters. The molecule has 1 aromatic heterocycles. The van der Waals surface area contributed by atoms with E-state index in [-0.39, 0.29) is 11.3 Å². The molecule has 6 nitrogen and oxygen atoms in total. The number of nitrogens with one attached hydrogen (secondary N) is 2. The van der Waals surface area contributed by atoms with Crippen molar-refractivity contribution < 1.29 is 9.90 Å². The summed E-state index contributed by atoms with van der Waals surface area (Å²) in [4.78, 5) is 24.5. The van der Waals surface area contributed by atoms with Gasteiger partial charge in [0.1, 0.15) is 0 Å². The van der Waals surface area contributed by atoms with Crippen LogP contribution in [0.25, 0.3) is 10.8 Å². The molecule has 0 fully saturated rings. The Labute approximate surface area is 137 Å². The Hall–Kier alpha value is -2.99. The number of aromatic amines is 1. The van der Waals surface area contributed by atoms with Crippen LogP contribution in [0.1, 0.15) is 27.7 Å². The van der Waals surface area contributed by atoms with E-state index in [4.69, 9.17) is 0 Å². The number of carbonyl (C=O) groups is 1. The predicted molar refractivity (Wildman–Crippen MR) is 88.7 cm³/mol. The fourth-order valence-corrected chi connectivity index (χ4v) is 3.25. The van der Waals surface area contributed by atoms with Gasteiger partial charge in [-0.05, 0) is 17.2 Å². The van der Waals surface area contributed by atoms with Crippen molar-refractivity contribution in [2.45, 2.75) is 18.6 Å². The average Bonchev–Trinajstić information content (AvgIpc) is 2.91. The topological polar surface area (TPSA) is 95.1 Å². The molecule has 1 amide bonds. The summed E-state index contributed by atoms with van der Waals surface area (Å²) in [6.45, 7) is 0. The van der Waals surface area contributed by atoms with Gasteiger partial charge in [0.2, 0.25) is 0 Å². The normalized spacial score (nSPS) is 19.2. The maximum atomic E-state index is 12.7. The number of fused-ring (bicyclic) bond motifs is 2. The fraction of sp³-hybridized carbons (Fsp3) is 0.167. The number of amides is 1. The molecule has 0 saturated heterocycles. The van der Waals surface area contributed by atoms with Gasteiger partial charge in [0.05, 0.1) is 17.5 Å². The standard InChI is InChI=1S/C18H15N3O3/c22-14-9-10-5-1-2-6-11(10)15(14)19-18(24)16-12-7-3-4-8-13(12)17(23)21-20-16/h1-8,14-15,22H,9H2,(H,19,24)(H,21,23)/t14-,15+/m1/s1. The molecule has 0 bridgehead atoms. The highest BCUT2D eigenvalue weighted by Gasteiger charge is 2.32. The first-order chi connectivity index (χ1) is 11.6. The Kier molecular flexibility index (Phi) is 3.39. The summed E-state index contributed by atoms with van der Waals surface area (Å²) in [5.41, 5.74) is 1.73. The molecular weight excluding hydrogens is 306 g/mol. The van der Waals surface area contributed by atoms with E-state index in [0.717, 1.165) is 11.1 Å². The Balaban J connectivity index is 1.71. The molecule has 2 atom stereocenters. The van der Waals surface area contributed by atoms with E-state index in [0.29, 0.717) is 17.2 Å². The van der Waals surface area contributed by atoms with Crippen LogP contribution in [0.15, 0.2) is 53.3 Å². The molecule has 2 aromatic carbocycles. The van der Waals surface area contributed by atoms with Crippen molar-refractivity contribution in [3.05, 3.63) is 75.7 Å². The predicted octanol–water partition coefficient (Wildman–Crippen LogP) is 1.31. The lowest BCUT2D eigenvalue weighted by atomic mass is 10.1. The molecular formula is C18H15N3O3. The summed E-state index contributed by atoms with van der Waals surface area (Å²) in [6.07, 6.45) is -0.179. The quantitative estimate of drug-likeness (QED) is 0.663. The second kappa shape index (κ2) is 5.58. The molecule has 1 aliphatic rings. The first-order valence-corrected chi connectivity index (χ1v) is 7.69. The molecule has 0 aliphatic heterocycles. The highest BCUT2D eigenvalue weighted by Crippen LogP contribution is 2.31. The Morgan fingerprint density at radius 1 is 1.12 bits per heavy atom. The molecule has 1 aliphatic carbocycles. The lowest BCUT2D eigenvalue weighted by molar-refractivity contribution is 0.0854. The Morgan fingerprint density at radius 2 is 1.83 bits per heavy atom. The SMILES string of the molecule is O=C(N[C@H]1c2ccccc2C[C@H]1O)c1n[nH]c(=O)c2ccccc12. The maximum Gasteiger partial charge on any atom is 0.272 e. The van der Waals surface area contributed by atoms with Gasteiger partial charge >= 0.3 is 0 Å². The zero-order chi connectivity index (χ0) is 16.7. The summed E-state index contributed by atoms with van der Waals surface area (Å²) in [5.74, 6) is -0.428. The first kappa shape index (κ1) is 14.6. The molecule has 120 valence electrons. The number of benzene rings is 2. The van der Waals surface area contributed by atoms with Gasteiger partial charge in [-0.2, -0.15) is 5.10 Å². The van der Waals surface area contributed by atoms with E-state index in [2.05, 4.69) is 15.5 Å². The van der Waals surface area contributed by atoms with Gasteiger partial charge in [0.25, 0.3) is 11.5 Å². The van der Waals surface area contributed by atoms with Gasteiger partial charge in [-0.15, -0.1) is 0 Å². The number of carbonyl (C=O) groups excluding carboxylic acids is 1. The minimum atomic E-state index is -0.680. The van der Waals surface area contributed by atoms with E-state index in [9.17, 15) is 14.7 Å². The first-order valence-electron chi connectivity index (χ1n) is 7.69. The third-order valence-electron chi connectivity index (χ3n) is 4.40. The van der Waals surface area contributed by atoms with Crippen molar-refractivity contribution in [2.75, 3.05) is 0 Å². The molecule has 0 saturated carbocycles. The molecule has 4 rings (SSSR count). The molecule has 24 heavy (non-hydrogen) atoms. The number of rotatable bonds is 2. The van der Waals surface area contributed by atoms with E-state index in [1.54, 1.807) is 24.3 Å². The van der Waals surface area contributed by atoms with Crippen LogP contribution in [-0.2, 0) is 6.42 Å². The van der Waals surface area contributed by atoms with Gasteiger partial charge in [-0.3, -0.25) is 9.59 Å². The zero-order valence-corrected chi connectivity index (χ0v) is 12.7. The fourth-order valence-electron chi connectivity index (χ4n) is 3.25. The van der Waals surface area contributed by atoms with Crippen LogP contribution in [0.4, 0.5) is 0 Å². The van der Waals surface area contributed by atoms with E-state index in [1.165, 1.54) is 0 Å². The molecule has 1 heterocycles. The monoisotopic (exact) mass is 321 g/mol. The number of aliphatic hydroxyl groups is 1. The van der Waals surface area contributed by atoms with E-state index in [1.807, 2.05) is 24.3 Å². The van der Waals surface area contributed by atoms with Crippen molar-refractivity contribution in [3.63, 3.8) is 0 Å². The second-order valence-electron chi connectivity index (χ2n) is 5.87. The van der Waals surface area contributed by atoms with Crippen LogP contribution < -0.4 is 10.9 Å². The Bertz CT molecular complexity index is 996. The van der Waals surface area contributed by atoms with Gasteiger partial charge < -0.3 is 10.4 Å². The molecule has 6 heteroatoms. The second-order valence-corrected chi connectivity index (χ2v) is 5.87. The largest absolute Gasteiger partial charge is 0.390 e. The van der Waals surface area contributed by atoms with E-state index >= 15 is 0 Å². The number of hydrogen-bond acceptors (Lipinski definition) is 4. The van der Waals surface area contributed by atoms with Gasteiger partial charge in [-0.25, -0.2) is 5.10 Å². The third-order valence-corrected chi connectivity index (χ3v) is 4.40. The van der Waals surface area contributed by atoms with Crippen LogP contribution in [0.3, 0.4) is 0 Å². The van der Waals surface area contributed by atoms with Crippen LogP contribution >= 0.6 is 0 Å². The smallest absolute Gasteiger partial charge is 0.272 e. The summed E-state index contributed by atoms with van der Waals surface area (Å²) >= 11 is 0. The third kappa shape index (κ3) is 2.28. The number of aromatic nitrogens is 2. The average molecular weight is 321 g/mol. The zero-order valence-electron chi connectivity index (χ0n) is 12.7. The molecule has 0 radical (unpaired) electrons. The van der Waals surface area contributed by atoms with Gasteiger partial charge in [0.15, 0.2) is 5.69 Å². The lowest BCUT2D eigenvalue weighted by Gasteiger charge is -2.18. The van der Waals surface area contributed by atoms with Crippen LogP contribution in [0.5, 0.6) is 0 Å². The number of nitrogens with zero attached hydrogens (tertiary/aromatic N) is 1. The van der Waals surface area contributed by atoms with E-state index < -0.39 is 18.1 Å². The Morgan fingerprint density at radius 3 is 2.67 bits per heavy atom. The summed E-state index contributed by atoms with van der Waals surface area (Å²) < 4.78 is 0. The maximum absolute atomic E-state index is 12.7. The number of hydrogen-bond donors (Lipinski definition) is 3. The van der Waals surface area contributed by atoms with Crippen molar-refractivity contribution in [3.8, 4) is 0 Å². The minimum Gasteiger partial charge on any atom is -0.390 e. The summed E-state index contributed by atoms with van der Waals surface area (Å²) in [6, 6.07) is 14.0. The highest BCUT2D eigenvalue weighted by molar-refractivity contribution is 6.04. The minimum absolute atomic E-state index is 0.141. The summed E-state index contributed by atoms with van der Waals surface area (Å²) in [7, 11) is 0. The van der Waals surface area contributed by atoms with Crippen molar-refractivity contribution >= 4 is 16.7 Å². The van der Waals surface area contributed by atoms with Gasteiger partial charge in [0, 0.05) is 11.8 Å².